The molecule has 4 aromatic rings. The standard InChI is InChI=1S/C22H14ClN/c23-19-13-14-6-1-3-8-16(14)22(19)17-9-5-11-21-18(17)12-15-7-2-4-10-20(15)24-21/h1-13,22H. The van der Waals surface area contributed by atoms with Crippen LogP contribution in [0.1, 0.15) is 22.6 Å². The Kier molecular flexibility index (Phi) is 2.97. The van der Waals surface area contributed by atoms with Gasteiger partial charge in [0.05, 0.1) is 11.0 Å². The summed E-state index contributed by atoms with van der Waals surface area (Å²) >= 11 is 6.64. The molecule has 1 aliphatic carbocycles. The van der Waals surface area contributed by atoms with Crippen LogP contribution in [0.4, 0.5) is 0 Å². The molecule has 0 fully saturated rings. The number of hydrogen-bond acceptors (Lipinski definition) is 1. The van der Waals surface area contributed by atoms with Crippen molar-refractivity contribution in [3.05, 3.63) is 94.5 Å². The summed E-state index contributed by atoms with van der Waals surface area (Å²) in [4.78, 5) is 4.83. The highest BCUT2D eigenvalue weighted by atomic mass is 35.5. The first-order valence-corrected chi connectivity index (χ1v) is 8.43. The average Bonchev–Trinajstić information content (AvgIpc) is 2.95. The number of para-hydroxylation sites is 1. The van der Waals surface area contributed by atoms with Gasteiger partial charge in [0.2, 0.25) is 0 Å². The van der Waals surface area contributed by atoms with Crippen molar-refractivity contribution in [3.63, 3.8) is 0 Å². The molecule has 0 spiro atoms. The van der Waals surface area contributed by atoms with Gasteiger partial charge in [-0.3, -0.25) is 0 Å². The van der Waals surface area contributed by atoms with Gasteiger partial charge in [-0.25, -0.2) is 4.98 Å². The van der Waals surface area contributed by atoms with E-state index in [-0.39, 0.29) is 5.92 Å². The van der Waals surface area contributed by atoms with E-state index in [1.54, 1.807) is 0 Å². The van der Waals surface area contributed by atoms with Crippen molar-refractivity contribution in [2.24, 2.45) is 0 Å². The molecule has 1 aliphatic rings. The maximum absolute atomic E-state index is 6.64. The van der Waals surface area contributed by atoms with Crippen LogP contribution in [0.3, 0.4) is 0 Å². The van der Waals surface area contributed by atoms with Gasteiger partial charge < -0.3 is 0 Å². The van der Waals surface area contributed by atoms with E-state index in [9.17, 15) is 0 Å². The molecular weight excluding hydrogens is 314 g/mol. The second-order valence-electron chi connectivity index (χ2n) is 6.19. The second kappa shape index (κ2) is 5.19. The first-order chi connectivity index (χ1) is 11.8. The molecule has 0 N–H and O–H groups in total. The smallest absolute Gasteiger partial charge is 0.0712 e. The quantitative estimate of drug-likeness (QED) is 0.384. The van der Waals surface area contributed by atoms with Gasteiger partial charge in [-0.2, -0.15) is 0 Å². The number of pyridine rings is 1. The number of nitrogens with zero attached hydrogens (tertiary/aromatic N) is 1. The number of hydrogen-bond donors (Lipinski definition) is 0. The van der Waals surface area contributed by atoms with Crippen LogP contribution in [0.15, 0.2) is 77.8 Å². The fourth-order valence-corrected chi connectivity index (χ4v) is 4.03. The number of allylic oxidation sites excluding steroid dienone is 1. The minimum Gasteiger partial charge on any atom is -0.248 e. The maximum atomic E-state index is 6.64. The van der Waals surface area contributed by atoms with Gasteiger partial charge in [-0.1, -0.05) is 66.2 Å². The molecule has 0 aliphatic heterocycles. The Morgan fingerprint density at radius 1 is 0.750 bits per heavy atom. The minimum absolute atomic E-state index is 0.0922. The zero-order chi connectivity index (χ0) is 16.1. The molecule has 0 bridgehead atoms. The summed E-state index contributed by atoms with van der Waals surface area (Å²) in [5.41, 5.74) is 5.73. The summed E-state index contributed by atoms with van der Waals surface area (Å²) in [7, 11) is 0. The molecule has 1 nitrogen and oxygen atoms in total. The van der Waals surface area contributed by atoms with Crippen LogP contribution in [0.2, 0.25) is 0 Å². The Labute approximate surface area is 145 Å². The first kappa shape index (κ1) is 13.8. The van der Waals surface area contributed by atoms with Gasteiger partial charge in [-0.05, 0) is 41.0 Å². The molecule has 5 rings (SSSR count). The fraction of sp³-hybridized carbons (Fsp3) is 0.0455. The predicted molar refractivity (Wildman–Crippen MR) is 101 cm³/mol. The fourth-order valence-electron chi connectivity index (χ4n) is 3.68. The summed E-state index contributed by atoms with van der Waals surface area (Å²) in [6.07, 6.45) is 2.08. The van der Waals surface area contributed by atoms with Gasteiger partial charge >= 0.3 is 0 Å². The zero-order valence-electron chi connectivity index (χ0n) is 12.9. The Morgan fingerprint density at radius 2 is 1.50 bits per heavy atom. The Hall–Kier alpha value is -2.64. The summed E-state index contributed by atoms with van der Waals surface area (Å²) in [5, 5.41) is 3.20. The SMILES string of the molecule is ClC1=Cc2ccccc2C1c1cccc2nc3ccccc3cc12. The first-order valence-electron chi connectivity index (χ1n) is 8.06. The highest BCUT2D eigenvalue weighted by Gasteiger charge is 2.26. The average molecular weight is 328 g/mol. The molecule has 1 heterocycles. The molecule has 0 radical (unpaired) electrons. The van der Waals surface area contributed by atoms with Crippen LogP contribution in [-0.2, 0) is 0 Å². The van der Waals surface area contributed by atoms with E-state index < -0.39 is 0 Å². The van der Waals surface area contributed by atoms with E-state index in [1.165, 1.54) is 22.1 Å². The van der Waals surface area contributed by atoms with Crippen LogP contribution in [0.25, 0.3) is 27.9 Å². The Bertz CT molecular complexity index is 1130. The summed E-state index contributed by atoms with van der Waals surface area (Å²) < 4.78 is 0. The molecule has 0 saturated heterocycles. The maximum Gasteiger partial charge on any atom is 0.0712 e. The third-order valence-electron chi connectivity index (χ3n) is 4.78. The highest BCUT2D eigenvalue weighted by molar-refractivity contribution is 6.33. The van der Waals surface area contributed by atoms with Crippen molar-refractivity contribution in [2.45, 2.75) is 5.92 Å². The zero-order valence-corrected chi connectivity index (χ0v) is 13.7. The van der Waals surface area contributed by atoms with E-state index in [4.69, 9.17) is 16.6 Å². The monoisotopic (exact) mass is 327 g/mol. The number of halogens is 1. The van der Waals surface area contributed by atoms with E-state index in [0.717, 1.165) is 21.5 Å². The molecule has 114 valence electrons. The van der Waals surface area contributed by atoms with Gasteiger partial charge in [0.15, 0.2) is 0 Å². The van der Waals surface area contributed by atoms with Crippen molar-refractivity contribution in [1.29, 1.82) is 0 Å². The van der Waals surface area contributed by atoms with E-state index in [0.29, 0.717) is 0 Å². The molecule has 1 unspecified atom stereocenters. The number of benzene rings is 3. The molecule has 0 saturated carbocycles. The van der Waals surface area contributed by atoms with Crippen LogP contribution >= 0.6 is 11.6 Å². The van der Waals surface area contributed by atoms with Crippen molar-refractivity contribution >= 4 is 39.5 Å². The van der Waals surface area contributed by atoms with E-state index in [2.05, 4.69) is 72.8 Å². The van der Waals surface area contributed by atoms with Crippen LogP contribution in [0, 0.1) is 0 Å². The van der Waals surface area contributed by atoms with Gasteiger partial charge in [0.25, 0.3) is 0 Å². The molecule has 1 atom stereocenters. The highest BCUT2D eigenvalue weighted by Crippen LogP contribution is 2.44. The molecular formula is C22H14ClN. The molecule has 1 aromatic heterocycles. The Morgan fingerprint density at radius 3 is 2.46 bits per heavy atom. The van der Waals surface area contributed by atoms with Crippen LogP contribution in [-0.4, -0.2) is 4.98 Å². The summed E-state index contributed by atoms with van der Waals surface area (Å²) in [6.45, 7) is 0. The van der Waals surface area contributed by atoms with Crippen molar-refractivity contribution < 1.29 is 0 Å². The van der Waals surface area contributed by atoms with Gasteiger partial charge in [-0.15, -0.1) is 0 Å². The summed E-state index contributed by atoms with van der Waals surface area (Å²) in [5.74, 6) is 0.0922. The van der Waals surface area contributed by atoms with Gasteiger partial charge in [0.1, 0.15) is 0 Å². The Balaban J connectivity index is 1.81. The summed E-state index contributed by atoms with van der Waals surface area (Å²) in [6, 6.07) is 25.2. The van der Waals surface area contributed by atoms with E-state index >= 15 is 0 Å². The third kappa shape index (κ3) is 1.98. The molecule has 2 heteroatoms. The van der Waals surface area contributed by atoms with Crippen molar-refractivity contribution in [1.82, 2.24) is 4.98 Å². The number of rotatable bonds is 1. The topological polar surface area (TPSA) is 12.9 Å². The van der Waals surface area contributed by atoms with Crippen LogP contribution < -0.4 is 0 Å². The second-order valence-corrected chi connectivity index (χ2v) is 6.62. The molecule has 24 heavy (non-hydrogen) atoms. The number of aromatic nitrogens is 1. The predicted octanol–water partition coefficient (Wildman–Crippen LogP) is 6.11. The van der Waals surface area contributed by atoms with Crippen LogP contribution in [0.5, 0.6) is 0 Å². The lowest BCUT2D eigenvalue weighted by molar-refractivity contribution is 1.04. The lowest BCUT2D eigenvalue weighted by atomic mass is 9.90. The minimum atomic E-state index is 0.0922. The van der Waals surface area contributed by atoms with Crippen molar-refractivity contribution in [3.8, 4) is 0 Å². The van der Waals surface area contributed by atoms with Gasteiger partial charge in [0, 0.05) is 21.7 Å². The normalized spacial score (nSPS) is 16.4. The largest absolute Gasteiger partial charge is 0.248 e. The number of fused-ring (bicyclic) bond motifs is 3. The lowest BCUT2D eigenvalue weighted by Crippen LogP contribution is -2.00. The van der Waals surface area contributed by atoms with Crippen molar-refractivity contribution in [2.75, 3.05) is 0 Å². The molecule has 0 amide bonds. The molecule has 3 aromatic carbocycles. The van der Waals surface area contributed by atoms with E-state index in [1.807, 2.05) is 6.07 Å². The third-order valence-corrected chi connectivity index (χ3v) is 5.11. The lowest BCUT2D eigenvalue weighted by Gasteiger charge is -2.16.